The summed E-state index contributed by atoms with van der Waals surface area (Å²) in [4.78, 5) is 21.4. The van der Waals surface area contributed by atoms with Gasteiger partial charge in [-0.2, -0.15) is 17.0 Å². The molecule has 1 aliphatic heterocycles. The molecule has 1 fully saturated rings. The van der Waals surface area contributed by atoms with E-state index in [0.29, 0.717) is 4.31 Å². The maximum Gasteiger partial charge on any atom is 0.318 e. The van der Waals surface area contributed by atoms with Crippen molar-refractivity contribution in [3.63, 3.8) is 0 Å². The first kappa shape index (κ1) is 16.8. The van der Waals surface area contributed by atoms with Crippen molar-refractivity contribution in [3.8, 4) is 0 Å². The largest absolute Gasteiger partial charge is 0.480 e. The van der Waals surface area contributed by atoms with E-state index in [1.165, 1.54) is 0 Å². The van der Waals surface area contributed by atoms with Crippen molar-refractivity contribution in [3.05, 3.63) is 0 Å². The average Bonchev–Trinajstić information content (AvgIpc) is 2.25. The van der Waals surface area contributed by atoms with Gasteiger partial charge in [-0.05, 0) is 13.8 Å². The highest BCUT2D eigenvalue weighted by Crippen LogP contribution is 2.17. The SMILES string of the molecule is CC1CN(S(=O)(=O)N(CC(=O)O)CC(=O)O)CC(C)O1. The van der Waals surface area contributed by atoms with Gasteiger partial charge in [-0.25, -0.2) is 0 Å². The van der Waals surface area contributed by atoms with Crippen LogP contribution in [0.5, 0.6) is 0 Å². The third-order valence-electron chi connectivity index (χ3n) is 2.66. The fourth-order valence-corrected chi connectivity index (χ4v) is 3.67. The van der Waals surface area contributed by atoms with Crippen LogP contribution in [0.25, 0.3) is 0 Å². The Morgan fingerprint density at radius 3 is 1.90 bits per heavy atom. The number of carbonyl (C=O) groups is 2. The lowest BCUT2D eigenvalue weighted by molar-refractivity contribution is -0.139. The van der Waals surface area contributed by atoms with Crippen molar-refractivity contribution in [2.75, 3.05) is 26.2 Å². The zero-order valence-electron chi connectivity index (χ0n) is 11.2. The smallest absolute Gasteiger partial charge is 0.318 e. The van der Waals surface area contributed by atoms with Crippen LogP contribution in [0.3, 0.4) is 0 Å². The highest BCUT2D eigenvalue weighted by molar-refractivity contribution is 7.86. The van der Waals surface area contributed by atoms with Gasteiger partial charge >= 0.3 is 11.9 Å². The molecule has 0 aliphatic carbocycles. The van der Waals surface area contributed by atoms with Gasteiger partial charge in [0.25, 0.3) is 10.2 Å². The van der Waals surface area contributed by atoms with E-state index in [4.69, 9.17) is 14.9 Å². The second-order valence-electron chi connectivity index (χ2n) is 4.64. The second-order valence-corrected chi connectivity index (χ2v) is 6.57. The van der Waals surface area contributed by atoms with Crippen LogP contribution in [0.2, 0.25) is 0 Å². The molecule has 20 heavy (non-hydrogen) atoms. The molecule has 1 saturated heterocycles. The van der Waals surface area contributed by atoms with Crippen LogP contribution in [0, 0.1) is 0 Å². The first-order valence-electron chi connectivity index (χ1n) is 5.97. The number of ether oxygens (including phenoxy) is 1. The summed E-state index contributed by atoms with van der Waals surface area (Å²) in [7, 11) is -4.16. The summed E-state index contributed by atoms with van der Waals surface area (Å²) in [5, 5.41) is 17.4. The number of carboxylic acids is 2. The Hall–Kier alpha value is -1.23. The van der Waals surface area contributed by atoms with E-state index in [0.717, 1.165) is 4.31 Å². The number of hydrogen-bond donors (Lipinski definition) is 2. The summed E-state index contributed by atoms with van der Waals surface area (Å²) >= 11 is 0. The van der Waals surface area contributed by atoms with E-state index in [9.17, 15) is 18.0 Å². The normalized spacial score (nSPS) is 24.8. The van der Waals surface area contributed by atoms with Crippen molar-refractivity contribution < 1.29 is 33.0 Å². The first-order chi connectivity index (χ1) is 9.12. The predicted octanol–water partition coefficient (Wildman–Crippen LogP) is -1.19. The van der Waals surface area contributed by atoms with Crippen LogP contribution in [-0.2, 0) is 24.5 Å². The summed E-state index contributed by atoms with van der Waals surface area (Å²) in [5.74, 6) is -2.83. The molecular weight excluding hydrogens is 292 g/mol. The number of carboxylic acid groups (broad SMARTS) is 2. The quantitative estimate of drug-likeness (QED) is 0.632. The molecule has 0 aromatic heterocycles. The summed E-state index contributed by atoms with van der Waals surface area (Å²) in [6.07, 6.45) is -0.685. The predicted molar refractivity (Wildman–Crippen MR) is 67.3 cm³/mol. The molecule has 0 bridgehead atoms. The van der Waals surface area contributed by atoms with Crippen LogP contribution < -0.4 is 0 Å². The minimum Gasteiger partial charge on any atom is -0.480 e. The zero-order chi connectivity index (χ0) is 15.5. The maximum absolute atomic E-state index is 12.3. The molecular formula is C10H18N2O7S. The Balaban J connectivity index is 2.96. The molecule has 0 aromatic carbocycles. The van der Waals surface area contributed by atoms with Crippen molar-refractivity contribution in [1.82, 2.24) is 8.61 Å². The minimum atomic E-state index is -4.16. The third-order valence-corrected chi connectivity index (χ3v) is 4.52. The number of aliphatic carboxylic acids is 2. The van der Waals surface area contributed by atoms with E-state index in [1.54, 1.807) is 13.8 Å². The van der Waals surface area contributed by atoms with Crippen molar-refractivity contribution in [2.24, 2.45) is 0 Å². The molecule has 0 radical (unpaired) electrons. The van der Waals surface area contributed by atoms with Crippen LogP contribution in [0.1, 0.15) is 13.8 Å². The fraction of sp³-hybridized carbons (Fsp3) is 0.800. The van der Waals surface area contributed by atoms with Crippen molar-refractivity contribution in [1.29, 1.82) is 0 Å². The monoisotopic (exact) mass is 310 g/mol. The molecule has 0 saturated carbocycles. The molecule has 116 valence electrons. The Kier molecular flexibility index (Phi) is 5.45. The van der Waals surface area contributed by atoms with Gasteiger partial charge in [-0.1, -0.05) is 0 Å². The summed E-state index contributed by atoms with van der Waals surface area (Å²) in [6, 6.07) is 0. The Morgan fingerprint density at radius 2 is 1.55 bits per heavy atom. The molecule has 10 heteroatoms. The van der Waals surface area contributed by atoms with Gasteiger partial charge < -0.3 is 14.9 Å². The molecule has 0 amide bonds. The zero-order valence-corrected chi connectivity index (χ0v) is 12.0. The van der Waals surface area contributed by atoms with Crippen LogP contribution in [0.4, 0.5) is 0 Å². The lowest BCUT2D eigenvalue weighted by Gasteiger charge is -2.36. The topological polar surface area (TPSA) is 124 Å². The number of hydrogen-bond acceptors (Lipinski definition) is 5. The molecule has 2 N–H and O–H groups in total. The summed E-state index contributed by atoms with van der Waals surface area (Å²) < 4.78 is 31.5. The van der Waals surface area contributed by atoms with Crippen molar-refractivity contribution in [2.45, 2.75) is 26.1 Å². The molecule has 0 spiro atoms. The van der Waals surface area contributed by atoms with E-state index in [1.807, 2.05) is 0 Å². The second kappa shape index (κ2) is 6.48. The van der Waals surface area contributed by atoms with E-state index in [2.05, 4.69) is 0 Å². The van der Waals surface area contributed by atoms with Crippen LogP contribution in [0.15, 0.2) is 0 Å². The summed E-state index contributed by atoms with van der Waals surface area (Å²) in [6.45, 7) is 1.71. The van der Waals surface area contributed by atoms with E-state index < -0.39 is 35.2 Å². The van der Waals surface area contributed by atoms with Crippen molar-refractivity contribution >= 4 is 22.1 Å². The molecule has 9 nitrogen and oxygen atoms in total. The molecule has 2 unspecified atom stereocenters. The van der Waals surface area contributed by atoms with Gasteiger partial charge in [-0.3, -0.25) is 9.59 Å². The third kappa shape index (κ3) is 4.40. The Morgan fingerprint density at radius 1 is 1.15 bits per heavy atom. The maximum atomic E-state index is 12.3. The lowest BCUT2D eigenvalue weighted by atomic mass is 10.3. The number of rotatable bonds is 6. The molecule has 1 rings (SSSR count). The first-order valence-corrected chi connectivity index (χ1v) is 7.37. The van der Waals surface area contributed by atoms with Crippen LogP contribution in [-0.4, -0.2) is 77.6 Å². The van der Waals surface area contributed by atoms with Gasteiger partial charge in [0.2, 0.25) is 0 Å². The van der Waals surface area contributed by atoms with Crippen LogP contribution >= 0.6 is 0 Å². The van der Waals surface area contributed by atoms with Gasteiger partial charge in [0, 0.05) is 13.1 Å². The average molecular weight is 310 g/mol. The van der Waals surface area contributed by atoms with E-state index >= 15 is 0 Å². The molecule has 0 aromatic rings. The Labute approximate surface area is 116 Å². The fourth-order valence-electron chi connectivity index (χ4n) is 2.00. The Bertz CT molecular complexity index is 452. The molecule has 1 aliphatic rings. The standard InChI is InChI=1S/C10H18N2O7S/c1-7-3-11(4-8(2)19-7)20(17,18)12(5-9(13)14)6-10(15)16/h7-8H,3-6H2,1-2H3,(H,13,14)(H,15,16). The molecule has 1 heterocycles. The summed E-state index contributed by atoms with van der Waals surface area (Å²) in [5.41, 5.74) is 0. The van der Waals surface area contributed by atoms with Gasteiger partial charge in [0.1, 0.15) is 13.1 Å². The van der Waals surface area contributed by atoms with Gasteiger partial charge in [0.15, 0.2) is 0 Å². The number of morpholine rings is 1. The number of nitrogens with zero attached hydrogens (tertiary/aromatic N) is 2. The molecule has 2 atom stereocenters. The van der Waals surface area contributed by atoms with Gasteiger partial charge in [0.05, 0.1) is 12.2 Å². The van der Waals surface area contributed by atoms with E-state index in [-0.39, 0.29) is 25.3 Å². The lowest BCUT2D eigenvalue weighted by Crippen LogP contribution is -2.54. The highest BCUT2D eigenvalue weighted by Gasteiger charge is 2.37. The minimum absolute atomic E-state index is 0.0579. The van der Waals surface area contributed by atoms with Gasteiger partial charge in [-0.15, -0.1) is 0 Å². The highest BCUT2D eigenvalue weighted by atomic mass is 32.2.